The molecule has 0 fully saturated rings. The first-order valence-electron chi connectivity index (χ1n) is 5.32. The number of benzene rings is 1. The van der Waals surface area contributed by atoms with Crippen molar-refractivity contribution in [1.82, 2.24) is 5.32 Å². The Morgan fingerprint density at radius 3 is 2.67 bits per heavy atom. The molecular weight excluding hydrogens is 250 g/mol. The number of nitrogens with two attached hydrogens (primary N) is 1. The average molecular weight is 265 g/mol. The third kappa shape index (κ3) is 3.81. The Hall–Kier alpha value is -1.95. The molecule has 3 N–H and O–H groups in total. The predicted molar refractivity (Wildman–Crippen MR) is 74.4 cm³/mol. The highest BCUT2D eigenvalue weighted by Gasteiger charge is 2.19. The molecule has 18 heavy (non-hydrogen) atoms. The molecule has 1 rings (SSSR count). The third-order valence-corrected chi connectivity index (χ3v) is 2.46. The van der Waals surface area contributed by atoms with Gasteiger partial charge >= 0.3 is 11.8 Å². The highest BCUT2D eigenvalue weighted by atomic mass is 32.1. The van der Waals surface area contributed by atoms with Gasteiger partial charge in [0.25, 0.3) is 0 Å². The van der Waals surface area contributed by atoms with Crippen LogP contribution in [0.4, 0.5) is 5.69 Å². The van der Waals surface area contributed by atoms with Gasteiger partial charge in [-0.05, 0) is 24.6 Å². The fourth-order valence-electron chi connectivity index (χ4n) is 1.35. The largest absolute Gasteiger partial charge is 0.392 e. The van der Waals surface area contributed by atoms with Gasteiger partial charge in [-0.25, -0.2) is 0 Å². The molecule has 1 aromatic carbocycles. The van der Waals surface area contributed by atoms with Crippen LogP contribution in [-0.4, -0.2) is 30.4 Å². The molecule has 0 aliphatic heterocycles. The van der Waals surface area contributed by atoms with Crippen LogP contribution in [0.1, 0.15) is 5.56 Å². The molecule has 0 atom stereocenters. The lowest BCUT2D eigenvalue weighted by Gasteiger charge is -2.17. The van der Waals surface area contributed by atoms with E-state index in [1.165, 1.54) is 11.9 Å². The molecule has 0 bridgehead atoms. The Balaban J connectivity index is 2.72. The van der Waals surface area contributed by atoms with Crippen molar-refractivity contribution < 1.29 is 9.59 Å². The number of anilines is 1. The van der Waals surface area contributed by atoms with Gasteiger partial charge in [0.05, 0.1) is 11.5 Å². The topological polar surface area (TPSA) is 75.4 Å². The molecule has 0 aliphatic carbocycles. The van der Waals surface area contributed by atoms with E-state index in [1.807, 2.05) is 25.1 Å². The van der Waals surface area contributed by atoms with E-state index in [0.29, 0.717) is 5.69 Å². The lowest BCUT2D eigenvalue weighted by Crippen LogP contribution is -2.43. The van der Waals surface area contributed by atoms with Gasteiger partial charge in [0, 0.05) is 12.7 Å². The second-order valence-electron chi connectivity index (χ2n) is 3.85. The summed E-state index contributed by atoms with van der Waals surface area (Å²) in [5, 5.41) is 2.35. The molecule has 0 spiro atoms. The minimum atomic E-state index is -0.730. The first-order valence-corrected chi connectivity index (χ1v) is 5.73. The summed E-state index contributed by atoms with van der Waals surface area (Å²) in [6.07, 6.45) is 0. The number of likely N-dealkylation sites (N-methyl/N-ethyl adjacent to an activating group) is 1. The first kappa shape index (κ1) is 14.1. The Labute approximate surface area is 111 Å². The number of hydrogen-bond acceptors (Lipinski definition) is 3. The highest BCUT2D eigenvalue weighted by Crippen LogP contribution is 2.14. The smallest absolute Gasteiger partial charge is 0.316 e. The van der Waals surface area contributed by atoms with E-state index in [2.05, 4.69) is 17.5 Å². The maximum absolute atomic E-state index is 11.8. The number of carbonyl (C=O) groups is 2. The van der Waals surface area contributed by atoms with E-state index in [9.17, 15) is 9.59 Å². The van der Waals surface area contributed by atoms with Crippen molar-refractivity contribution >= 4 is 34.7 Å². The molecule has 0 saturated carbocycles. The molecular formula is C12H15N3O2S. The Morgan fingerprint density at radius 1 is 1.44 bits per heavy atom. The summed E-state index contributed by atoms with van der Waals surface area (Å²) in [4.78, 5) is 24.7. The van der Waals surface area contributed by atoms with Crippen molar-refractivity contribution in [1.29, 1.82) is 0 Å². The van der Waals surface area contributed by atoms with Crippen LogP contribution in [0.3, 0.4) is 0 Å². The van der Waals surface area contributed by atoms with Crippen molar-refractivity contribution in [3.05, 3.63) is 29.8 Å². The second-order valence-corrected chi connectivity index (χ2v) is 4.38. The molecule has 1 aromatic rings. The summed E-state index contributed by atoms with van der Waals surface area (Å²) in [7, 11) is 1.54. The zero-order valence-electron chi connectivity index (χ0n) is 10.3. The third-order valence-electron chi connectivity index (χ3n) is 2.31. The van der Waals surface area contributed by atoms with Gasteiger partial charge in [0.1, 0.15) is 0 Å². The number of nitrogens with one attached hydrogen (secondary N) is 1. The normalized spacial score (nSPS) is 9.67. The van der Waals surface area contributed by atoms with Crippen LogP contribution in [0.5, 0.6) is 0 Å². The fourth-order valence-corrected chi connectivity index (χ4v) is 1.42. The Bertz CT molecular complexity index is 488. The van der Waals surface area contributed by atoms with Gasteiger partial charge in [-0.1, -0.05) is 24.4 Å². The van der Waals surface area contributed by atoms with Crippen molar-refractivity contribution in [2.24, 2.45) is 5.73 Å². The van der Waals surface area contributed by atoms with Gasteiger partial charge in [-0.2, -0.15) is 0 Å². The molecule has 0 radical (unpaired) electrons. The van der Waals surface area contributed by atoms with Gasteiger partial charge < -0.3 is 16.0 Å². The van der Waals surface area contributed by atoms with E-state index in [1.54, 1.807) is 6.07 Å². The fraction of sp³-hybridized carbons (Fsp3) is 0.250. The van der Waals surface area contributed by atoms with Crippen LogP contribution in [-0.2, 0) is 9.59 Å². The van der Waals surface area contributed by atoms with E-state index < -0.39 is 11.8 Å². The quantitative estimate of drug-likeness (QED) is 0.611. The summed E-state index contributed by atoms with van der Waals surface area (Å²) >= 11 is 4.61. The van der Waals surface area contributed by atoms with Crippen LogP contribution < -0.4 is 16.0 Å². The summed E-state index contributed by atoms with van der Waals surface area (Å²) in [6, 6.07) is 7.31. The summed E-state index contributed by atoms with van der Waals surface area (Å²) in [5.74, 6) is -1.39. The van der Waals surface area contributed by atoms with Gasteiger partial charge in [0.2, 0.25) is 0 Å². The van der Waals surface area contributed by atoms with Crippen LogP contribution in [0.2, 0.25) is 0 Å². The molecule has 0 saturated heterocycles. The van der Waals surface area contributed by atoms with Crippen molar-refractivity contribution in [2.75, 3.05) is 18.5 Å². The number of aryl methyl sites for hydroxylation is 1. The molecule has 6 heteroatoms. The number of thiocarbonyl (C=S) groups is 1. The molecule has 0 aromatic heterocycles. The zero-order chi connectivity index (χ0) is 13.7. The maximum Gasteiger partial charge on any atom is 0.316 e. The van der Waals surface area contributed by atoms with Gasteiger partial charge in [-0.3, -0.25) is 9.59 Å². The Morgan fingerprint density at radius 2 is 2.11 bits per heavy atom. The summed E-state index contributed by atoms with van der Waals surface area (Å²) < 4.78 is 0. The number of rotatable bonds is 3. The minimum absolute atomic E-state index is 0.0154. The van der Waals surface area contributed by atoms with Crippen molar-refractivity contribution in [2.45, 2.75) is 6.92 Å². The summed E-state index contributed by atoms with van der Waals surface area (Å²) in [6.45, 7) is 1.93. The highest BCUT2D eigenvalue weighted by molar-refractivity contribution is 7.80. The number of nitrogens with zero attached hydrogens (tertiary/aromatic N) is 1. The number of amides is 2. The lowest BCUT2D eigenvalue weighted by molar-refractivity contribution is -0.137. The summed E-state index contributed by atoms with van der Waals surface area (Å²) in [5.41, 5.74) is 6.91. The molecule has 0 unspecified atom stereocenters. The molecule has 96 valence electrons. The minimum Gasteiger partial charge on any atom is -0.392 e. The molecule has 2 amide bonds. The monoisotopic (exact) mass is 265 g/mol. The average Bonchev–Trinajstić information content (AvgIpc) is 2.34. The molecule has 0 heterocycles. The van der Waals surface area contributed by atoms with Crippen LogP contribution in [0.15, 0.2) is 24.3 Å². The molecule has 0 aliphatic rings. The maximum atomic E-state index is 11.8. The Kier molecular flexibility index (Phi) is 4.79. The van der Waals surface area contributed by atoms with Crippen molar-refractivity contribution in [3.63, 3.8) is 0 Å². The van der Waals surface area contributed by atoms with Crippen LogP contribution >= 0.6 is 12.2 Å². The predicted octanol–water partition coefficient (Wildman–Crippen LogP) is 0.360. The van der Waals surface area contributed by atoms with Crippen LogP contribution in [0, 0.1) is 6.92 Å². The zero-order valence-corrected chi connectivity index (χ0v) is 11.1. The second kappa shape index (κ2) is 6.11. The number of hydrogen-bond donors (Lipinski definition) is 2. The standard InChI is InChI=1S/C12H15N3O2S/c1-8-4-3-5-9(6-8)15(2)12(17)11(16)14-7-10(13)18/h3-6H,7H2,1-2H3,(H2,13,18)(H,14,16). The first-order chi connectivity index (χ1) is 8.41. The molecule has 5 nitrogen and oxygen atoms in total. The number of carbonyl (C=O) groups excluding carboxylic acids is 2. The van der Waals surface area contributed by atoms with Crippen molar-refractivity contribution in [3.8, 4) is 0 Å². The lowest BCUT2D eigenvalue weighted by atomic mass is 10.2. The van der Waals surface area contributed by atoms with Gasteiger partial charge in [0.15, 0.2) is 0 Å². The van der Waals surface area contributed by atoms with E-state index in [4.69, 9.17) is 5.73 Å². The van der Waals surface area contributed by atoms with Gasteiger partial charge in [-0.15, -0.1) is 0 Å². The van der Waals surface area contributed by atoms with E-state index >= 15 is 0 Å². The SMILES string of the molecule is Cc1cccc(N(C)C(=O)C(=O)NCC(N)=S)c1. The van der Waals surface area contributed by atoms with E-state index in [-0.39, 0.29) is 11.5 Å². The van der Waals surface area contributed by atoms with Crippen LogP contribution in [0.25, 0.3) is 0 Å². The van der Waals surface area contributed by atoms with E-state index in [0.717, 1.165) is 5.56 Å².